The molecule has 0 aliphatic rings. The number of phenolic OH excluding ortho intramolecular Hbond substituents is 1. The van der Waals surface area contributed by atoms with E-state index in [1.54, 1.807) is 48.5 Å². The number of phenols is 1. The number of hydrogen-bond donors (Lipinski definition) is 4. The van der Waals surface area contributed by atoms with Gasteiger partial charge in [-0.15, -0.1) is 0 Å². The third-order valence-corrected chi connectivity index (χ3v) is 3.42. The van der Waals surface area contributed by atoms with Crippen molar-refractivity contribution in [1.82, 2.24) is 0 Å². The van der Waals surface area contributed by atoms with Crippen LogP contribution in [0.25, 0.3) is 11.1 Å². The zero-order valence-electron chi connectivity index (χ0n) is 11.4. The third kappa shape index (κ3) is 4.58. The molecule has 0 saturated heterocycles. The first-order valence-electron chi connectivity index (χ1n) is 6.37. The average Bonchev–Trinajstić information content (AvgIpc) is 2.48. The molecule has 0 aromatic heterocycles. The summed E-state index contributed by atoms with van der Waals surface area (Å²) in [6.07, 6.45) is 1.10. The van der Waals surface area contributed by atoms with Crippen molar-refractivity contribution >= 4 is 13.7 Å². The summed E-state index contributed by atoms with van der Waals surface area (Å²) in [4.78, 5) is 18.6. The van der Waals surface area contributed by atoms with Crippen molar-refractivity contribution in [2.75, 3.05) is 6.54 Å². The lowest BCUT2D eigenvalue weighted by molar-refractivity contribution is 0.477. The van der Waals surface area contributed by atoms with Gasteiger partial charge in [0.15, 0.2) is 8.38 Å². The second-order valence-electron chi connectivity index (χ2n) is 4.11. The monoisotopic (exact) mass is 293 g/mol. The number of para-hydroxylation sites is 1. The molecule has 0 amide bonds. The Kier molecular flexibility index (Phi) is 7.20. The fourth-order valence-corrected chi connectivity index (χ4v) is 2.21. The number of aromatic hydroxyl groups is 1. The van der Waals surface area contributed by atoms with Crippen LogP contribution in [0.15, 0.2) is 48.5 Å². The summed E-state index contributed by atoms with van der Waals surface area (Å²) in [5.74, 6) is 0.131. The van der Waals surface area contributed by atoms with Gasteiger partial charge in [-0.05, 0) is 30.7 Å². The second kappa shape index (κ2) is 8.67. The van der Waals surface area contributed by atoms with Gasteiger partial charge >= 0.3 is 0 Å². The molecule has 0 heterocycles. The normalized spacial score (nSPS) is 10.1. The van der Waals surface area contributed by atoms with Gasteiger partial charge in [0.2, 0.25) is 0 Å². The van der Waals surface area contributed by atoms with Gasteiger partial charge in [0.25, 0.3) is 0 Å². The second-order valence-corrected chi connectivity index (χ2v) is 5.17. The molecule has 0 aliphatic heterocycles. The zero-order valence-corrected chi connectivity index (χ0v) is 12.3. The molecule has 2 aromatic carbocycles. The number of benzene rings is 2. The van der Waals surface area contributed by atoms with Crippen molar-refractivity contribution in [3.63, 3.8) is 0 Å². The molecule has 0 saturated carbocycles. The smallest absolute Gasteiger partial charge is 0.200 e. The minimum atomic E-state index is -2.16. The third-order valence-electron chi connectivity index (χ3n) is 2.60. The van der Waals surface area contributed by atoms with E-state index >= 15 is 0 Å². The van der Waals surface area contributed by atoms with E-state index < -0.39 is 8.38 Å². The highest BCUT2D eigenvalue weighted by molar-refractivity contribution is 7.54. The van der Waals surface area contributed by atoms with Crippen LogP contribution in [-0.2, 0) is 0 Å². The maximum atomic E-state index is 9.71. The maximum absolute atomic E-state index is 9.71. The first kappa shape index (κ1) is 16.6. The summed E-state index contributed by atoms with van der Waals surface area (Å²) in [7, 11) is -2.16. The molecule has 0 atom stereocenters. The van der Waals surface area contributed by atoms with Crippen LogP contribution >= 0.6 is 8.38 Å². The lowest BCUT2D eigenvalue weighted by Crippen LogP contribution is -2.03. The fraction of sp³-hybridized carbons (Fsp3) is 0.200. The van der Waals surface area contributed by atoms with Crippen LogP contribution in [0.2, 0.25) is 0 Å². The van der Waals surface area contributed by atoms with E-state index in [2.05, 4.69) is 6.92 Å². The zero-order chi connectivity index (χ0) is 15.0. The Morgan fingerprint density at radius 2 is 1.45 bits per heavy atom. The Hall–Kier alpha value is -1.45. The van der Waals surface area contributed by atoms with E-state index in [1.165, 1.54) is 0 Å². The van der Waals surface area contributed by atoms with Gasteiger partial charge in [0.05, 0.1) is 0 Å². The molecular formula is C15H20NO3P. The molecule has 20 heavy (non-hydrogen) atoms. The summed E-state index contributed by atoms with van der Waals surface area (Å²) in [5.41, 5.74) is 6.28. The van der Waals surface area contributed by atoms with Crippen molar-refractivity contribution in [3.05, 3.63) is 48.5 Å². The average molecular weight is 293 g/mol. The van der Waals surface area contributed by atoms with Crippen LogP contribution in [0.3, 0.4) is 0 Å². The Morgan fingerprint density at radius 3 is 1.95 bits per heavy atom. The standard InChI is InChI=1S/C12H11O3P.C3H9N/c13-11-7-3-1-5-9(11)10-6-2-4-8-12(10)16(14)15;1-2-3-4/h1-8,13-15H;2-4H2,1H3. The Balaban J connectivity index is 0.000000444. The van der Waals surface area contributed by atoms with Gasteiger partial charge in [-0.3, -0.25) is 0 Å². The number of hydrogen-bond acceptors (Lipinski definition) is 4. The topological polar surface area (TPSA) is 86.7 Å². The van der Waals surface area contributed by atoms with Gasteiger partial charge in [-0.2, -0.15) is 0 Å². The molecular weight excluding hydrogens is 273 g/mol. The van der Waals surface area contributed by atoms with Crippen LogP contribution in [0.5, 0.6) is 5.75 Å². The van der Waals surface area contributed by atoms with E-state index in [1.807, 2.05) is 0 Å². The van der Waals surface area contributed by atoms with E-state index in [4.69, 9.17) is 5.73 Å². The van der Waals surface area contributed by atoms with Crippen molar-refractivity contribution in [2.24, 2.45) is 5.73 Å². The summed E-state index contributed by atoms with van der Waals surface area (Å²) in [5, 5.41) is 10.2. The Morgan fingerprint density at radius 1 is 0.950 bits per heavy atom. The van der Waals surface area contributed by atoms with Crippen LogP contribution in [0.4, 0.5) is 0 Å². The fourth-order valence-electron chi connectivity index (χ4n) is 1.58. The number of rotatable bonds is 3. The highest BCUT2D eigenvalue weighted by Crippen LogP contribution is 2.33. The van der Waals surface area contributed by atoms with Gasteiger partial charge in [0, 0.05) is 10.9 Å². The minimum Gasteiger partial charge on any atom is -0.507 e. The van der Waals surface area contributed by atoms with Gasteiger partial charge in [-0.1, -0.05) is 43.3 Å². The van der Waals surface area contributed by atoms with Crippen molar-refractivity contribution in [2.45, 2.75) is 13.3 Å². The Bertz CT molecular complexity index is 530. The summed E-state index contributed by atoms with van der Waals surface area (Å²) < 4.78 is 0. The molecule has 5 heteroatoms. The van der Waals surface area contributed by atoms with Crippen molar-refractivity contribution in [1.29, 1.82) is 0 Å². The molecule has 0 bridgehead atoms. The molecule has 4 nitrogen and oxygen atoms in total. The van der Waals surface area contributed by atoms with Crippen LogP contribution in [0.1, 0.15) is 13.3 Å². The van der Waals surface area contributed by atoms with Gasteiger partial charge in [0.1, 0.15) is 5.75 Å². The van der Waals surface area contributed by atoms with Crippen molar-refractivity contribution < 1.29 is 14.9 Å². The van der Waals surface area contributed by atoms with Crippen LogP contribution in [0, 0.1) is 0 Å². The van der Waals surface area contributed by atoms with Gasteiger partial charge < -0.3 is 20.6 Å². The summed E-state index contributed by atoms with van der Waals surface area (Å²) in [6.45, 7) is 2.88. The molecule has 0 fully saturated rings. The lowest BCUT2D eigenvalue weighted by atomic mass is 10.0. The quantitative estimate of drug-likeness (QED) is 0.654. The molecule has 0 spiro atoms. The first-order chi connectivity index (χ1) is 9.61. The van der Waals surface area contributed by atoms with E-state index in [0.29, 0.717) is 16.4 Å². The largest absolute Gasteiger partial charge is 0.507 e. The Labute approximate surface area is 120 Å². The van der Waals surface area contributed by atoms with Gasteiger partial charge in [-0.25, -0.2) is 0 Å². The van der Waals surface area contributed by atoms with E-state index in [9.17, 15) is 14.9 Å². The predicted octanol–water partition coefficient (Wildman–Crippen LogP) is 2.34. The molecule has 0 aliphatic carbocycles. The molecule has 2 rings (SSSR count). The molecule has 0 radical (unpaired) electrons. The SMILES string of the molecule is CCCN.Oc1ccccc1-c1ccccc1P(O)O. The summed E-state index contributed by atoms with van der Waals surface area (Å²) >= 11 is 0. The lowest BCUT2D eigenvalue weighted by Gasteiger charge is -2.11. The van der Waals surface area contributed by atoms with E-state index in [0.717, 1.165) is 13.0 Å². The highest BCUT2D eigenvalue weighted by atomic mass is 31.2. The molecule has 2 aromatic rings. The highest BCUT2D eigenvalue weighted by Gasteiger charge is 2.13. The van der Waals surface area contributed by atoms with E-state index in [-0.39, 0.29) is 5.75 Å². The predicted molar refractivity (Wildman–Crippen MR) is 83.9 cm³/mol. The first-order valence-corrected chi connectivity index (χ1v) is 7.61. The molecule has 0 unspecified atom stereocenters. The summed E-state index contributed by atoms with van der Waals surface area (Å²) in [6, 6.07) is 13.8. The van der Waals surface area contributed by atoms with Crippen LogP contribution in [-0.4, -0.2) is 21.4 Å². The van der Waals surface area contributed by atoms with Crippen LogP contribution < -0.4 is 11.0 Å². The maximum Gasteiger partial charge on any atom is 0.200 e. The number of nitrogens with two attached hydrogens (primary N) is 1. The minimum absolute atomic E-state index is 0.131. The van der Waals surface area contributed by atoms with Crippen molar-refractivity contribution in [3.8, 4) is 16.9 Å². The molecule has 5 N–H and O–H groups in total. The molecule has 108 valence electrons.